The highest BCUT2D eigenvalue weighted by Gasteiger charge is 2.23. The number of oxime groups is 1. The third-order valence-corrected chi connectivity index (χ3v) is 3.76. The zero-order valence-corrected chi connectivity index (χ0v) is 16.2. The lowest BCUT2D eigenvalue weighted by atomic mass is 9.99. The smallest absolute Gasteiger partial charge is 0.367 e. The lowest BCUT2D eigenvalue weighted by Crippen LogP contribution is -2.25. The molecule has 0 heterocycles. The van der Waals surface area contributed by atoms with Crippen LogP contribution in [0.1, 0.15) is 44.4 Å². The van der Waals surface area contributed by atoms with Gasteiger partial charge in [0.25, 0.3) is 0 Å². The van der Waals surface area contributed by atoms with E-state index >= 15 is 0 Å². The van der Waals surface area contributed by atoms with Crippen LogP contribution < -0.4 is 5.32 Å². The van der Waals surface area contributed by atoms with E-state index in [2.05, 4.69) is 24.3 Å². The maximum Gasteiger partial charge on any atom is 0.433 e. The summed E-state index contributed by atoms with van der Waals surface area (Å²) in [6.07, 6.45) is -0.176. The van der Waals surface area contributed by atoms with Crippen molar-refractivity contribution in [3.8, 4) is 0 Å². The molecular weight excluding hydrogens is 340 g/mol. The van der Waals surface area contributed by atoms with Gasteiger partial charge in [-0.25, -0.2) is 4.79 Å². The standard InChI is InChI=1S/C22H28N2O3/c1-4-15-23-22(25)27-24-20(18-11-7-5-8-12-18)21(26-16-17(2)3)19-13-9-6-10-14-19/h5-14,17,21H,4,15-16H2,1-3H3,(H,23,25)/b24-20+. The van der Waals surface area contributed by atoms with Crippen LogP contribution in [0.2, 0.25) is 0 Å². The van der Waals surface area contributed by atoms with Gasteiger partial charge in [-0.15, -0.1) is 0 Å². The third-order valence-electron chi connectivity index (χ3n) is 3.76. The highest BCUT2D eigenvalue weighted by molar-refractivity contribution is 6.04. The fourth-order valence-corrected chi connectivity index (χ4v) is 2.46. The molecule has 2 rings (SSSR count). The molecule has 1 N–H and O–H groups in total. The van der Waals surface area contributed by atoms with Gasteiger partial charge in [0.15, 0.2) is 0 Å². The predicted octanol–water partition coefficient (Wildman–Crippen LogP) is 4.94. The molecule has 0 aliphatic heterocycles. The van der Waals surface area contributed by atoms with Crippen LogP contribution in [0.5, 0.6) is 0 Å². The molecule has 0 aliphatic rings. The van der Waals surface area contributed by atoms with Crippen LogP contribution in [0.15, 0.2) is 65.8 Å². The Labute approximate surface area is 161 Å². The second-order valence-corrected chi connectivity index (χ2v) is 6.67. The maximum atomic E-state index is 11.9. The first-order chi connectivity index (χ1) is 13.1. The number of rotatable bonds is 9. The quantitative estimate of drug-likeness (QED) is 0.387. The van der Waals surface area contributed by atoms with Gasteiger partial charge in [-0.1, -0.05) is 86.6 Å². The molecule has 27 heavy (non-hydrogen) atoms. The summed E-state index contributed by atoms with van der Waals surface area (Å²) in [6, 6.07) is 19.5. The molecule has 5 heteroatoms. The van der Waals surface area contributed by atoms with E-state index in [0.717, 1.165) is 17.5 Å². The minimum atomic E-state index is -0.569. The van der Waals surface area contributed by atoms with E-state index < -0.39 is 12.2 Å². The SMILES string of the molecule is CCCNC(=O)O/N=C(\c1ccccc1)C(OCC(C)C)c1ccccc1. The summed E-state index contributed by atoms with van der Waals surface area (Å²) < 4.78 is 6.18. The van der Waals surface area contributed by atoms with Crippen molar-refractivity contribution in [2.45, 2.75) is 33.3 Å². The minimum absolute atomic E-state index is 0.363. The molecule has 0 aromatic heterocycles. The Hall–Kier alpha value is -2.66. The van der Waals surface area contributed by atoms with Crippen LogP contribution in [0.25, 0.3) is 0 Å². The van der Waals surface area contributed by atoms with Crippen molar-refractivity contribution >= 4 is 11.8 Å². The van der Waals surface area contributed by atoms with E-state index in [-0.39, 0.29) is 0 Å². The molecule has 0 radical (unpaired) electrons. The van der Waals surface area contributed by atoms with Crippen LogP contribution in [-0.2, 0) is 9.57 Å². The lowest BCUT2D eigenvalue weighted by Gasteiger charge is -2.21. The Bertz CT molecular complexity index is 715. The van der Waals surface area contributed by atoms with Crippen molar-refractivity contribution in [2.75, 3.05) is 13.2 Å². The number of hydrogen-bond donors (Lipinski definition) is 1. The van der Waals surface area contributed by atoms with Gasteiger partial charge in [0.1, 0.15) is 11.8 Å². The fourth-order valence-electron chi connectivity index (χ4n) is 2.46. The van der Waals surface area contributed by atoms with Crippen molar-refractivity contribution in [1.82, 2.24) is 5.32 Å². The highest BCUT2D eigenvalue weighted by Crippen LogP contribution is 2.24. The second kappa shape index (κ2) is 11.1. The molecule has 0 saturated heterocycles. The first-order valence-electron chi connectivity index (χ1n) is 9.36. The summed E-state index contributed by atoms with van der Waals surface area (Å²) in [4.78, 5) is 17.0. The topological polar surface area (TPSA) is 59.9 Å². The highest BCUT2D eigenvalue weighted by atomic mass is 16.7. The minimum Gasteiger partial charge on any atom is -0.367 e. The molecule has 1 atom stereocenters. The number of hydrogen-bond acceptors (Lipinski definition) is 4. The van der Waals surface area contributed by atoms with Gasteiger partial charge in [0.05, 0.1) is 6.61 Å². The van der Waals surface area contributed by atoms with Crippen molar-refractivity contribution < 1.29 is 14.4 Å². The number of amides is 1. The Morgan fingerprint density at radius 2 is 1.67 bits per heavy atom. The Morgan fingerprint density at radius 3 is 2.26 bits per heavy atom. The molecule has 0 saturated carbocycles. The molecule has 2 aromatic rings. The van der Waals surface area contributed by atoms with E-state index in [0.29, 0.717) is 24.8 Å². The summed E-state index contributed by atoms with van der Waals surface area (Å²) in [7, 11) is 0. The molecule has 144 valence electrons. The van der Waals surface area contributed by atoms with Gasteiger partial charge in [-0.3, -0.25) is 4.84 Å². The molecule has 0 aliphatic carbocycles. The van der Waals surface area contributed by atoms with Crippen LogP contribution in [0.3, 0.4) is 0 Å². The number of ether oxygens (including phenoxy) is 1. The molecule has 1 amide bonds. The van der Waals surface area contributed by atoms with Crippen molar-refractivity contribution in [3.05, 3.63) is 71.8 Å². The van der Waals surface area contributed by atoms with E-state index in [1.807, 2.05) is 67.6 Å². The lowest BCUT2D eigenvalue weighted by molar-refractivity contribution is 0.0736. The predicted molar refractivity (Wildman–Crippen MR) is 108 cm³/mol. The summed E-state index contributed by atoms with van der Waals surface area (Å²) in [5.74, 6) is 0.363. The van der Waals surface area contributed by atoms with Crippen molar-refractivity contribution in [1.29, 1.82) is 0 Å². The summed E-state index contributed by atoms with van der Waals surface area (Å²) >= 11 is 0. The monoisotopic (exact) mass is 368 g/mol. The fraction of sp³-hybridized carbons (Fsp3) is 0.364. The van der Waals surface area contributed by atoms with Gasteiger partial charge in [0, 0.05) is 12.1 Å². The Morgan fingerprint density at radius 1 is 1.04 bits per heavy atom. The number of benzene rings is 2. The van der Waals surface area contributed by atoms with Crippen molar-refractivity contribution in [2.24, 2.45) is 11.1 Å². The molecule has 0 spiro atoms. The summed E-state index contributed by atoms with van der Waals surface area (Å²) in [5, 5.41) is 6.84. The molecule has 1 unspecified atom stereocenters. The van der Waals surface area contributed by atoms with Gasteiger partial charge >= 0.3 is 6.09 Å². The largest absolute Gasteiger partial charge is 0.433 e. The first-order valence-corrected chi connectivity index (χ1v) is 9.36. The van der Waals surface area contributed by atoms with E-state index in [1.165, 1.54) is 0 Å². The van der Waals surface area contributed by atoms with Crippen LogP contribution in [0.4, 0.5) is 4.79 Å². The van der Waals surface area contributed by atoms with E-state index in [1.54, 1.807) is 0 Å². The number of nitrogens with one attached hydrogen (secondary N) is 1. The van der Waals surface area contributed by atoms with Gasteiger partial charge in [0.2, 0.25) is 0 Å². The third kappa shape index (κ3) is 6.87. The van der Waals surface area contributed by atoms with Gasteiger partial charge in [-0.2, -0.15) is 0 Å². The van der Waals surface area contributed by atoms with E-state index in [9.17, 15) is 4.79 Å². The molecule has 2 aromatic carbocycles. The normalized spacial score (nSPS) is 12.7. The van der Waals surface area contributed by atoms with Crippen LogP contribution in [-0.4, -0.2) is 25.0 Å². The molecular formula is C22H28N2O3. The zero-order valence-electron chi connectivity index (χ0n) is 16.2. The van der Waals surface area contributed by atoms with Crippen molar-refractivity contribution in [3.63, 3.8) is 0 Å². The van der Waals surface area contributed by atoms with Crippen LogP contribution in [0, 0.1) is 5.92 Å². The number of nitrogens with zero attached hydrogens (tertiary/aromatic N) is 1. The van der Waals surface area contributed by atoms with Gasteiger partial charge < -0.3 is 10.1 Å². The molecule has 0 bridgehead atoms. The summed E-state index contributed by atoms with van der Waals surface area (Å²) in [5.41, 5.74) is 2.37. The first kappa shape index (κ1) is 20.6. The molecule has 0 fully saturated rings. The Balaban J connectivity index is 2.36. The van der Waals surface area contributed by atoms with Gasteiger partial charge in [-0.05, 0) is 17.9 Å². The average Bonchev–Trinajstić information content (AvgIpc) is 2.70. The second-order valence-electron chi connectivity index (χ2n) is 6.67. The van der Waals surface area contributed by atoms with Crippen LogP contribution >= 0.6 is 0 Å². The summed E-state index contributed by atoms with van der Waals surface area (Å²) in [6.45, 7) is 7.27. The number of carbonyl (C=O) groups is 1. The zero-order chi connectivity index (χ0) is 19.5. The maximum absolute atomic E-state index is 11.9. The molecule has 5 nitrogen and oxygen atoms in total. The Kier molecular flexibility index (Phi) is 8.52. The number of carbonyl (C=O) groups excluding carboxylic acids is 1. The average molecular weight is 368 g/mol. The van der Waals surface area contributed by atoms with E-state index in [4.69, 9.17) is 9.57 Å².